The summed E-state index contributed by atoms with van der Waals surface area (Å²) in [7, 11) is 0. The molecule has 1 aromatic rings. The summed E-state index contributed by atoms with van der Waals surface area (Å²) < 4.78 is 0. The van der Waals surface area contributed by atoms with Crippen LogP contribution in [0.15, 0.2) is 18.2 Å². The molecular formula is C17H24N2. The Balaban J connectivity index is 2.16. The lowest BCUT2D eigenvalue weighted by atomic mass is 9.72. The van der Waals surface area contributed by atoms with Crippen molar-refractivity contribution < 1.29 is 0 Å². The Bertz CT molecular complexity index is 496. The lowest BCUT2D eigenvalue weighted by molar-refractivity contribution is 0.179. The van der Waals surface area contributed by atoms with E-state index in [9.17, 15) is 0 Å². The van der Waals surface area contributed by atoms with Crippen LogP contribution in [0.1, 0.15) is 37.8 Å². The van der Waals surface area contributed by atoms with Crippen molar-refractivity contribution in [1.82, 2.24) is 0 Å². The fourth-order valence-corrected chi connectivity index (χ4v) is 3.03. The number of hydrogen-bond donors (Lipinski definition) is 0. The van der Waals surface area contributed by atoms with E-state index in [2.05, 4.69) is 56.9 Å². The van der Waals surface area contributed by atoms with Crippen LogP contribution >= 0.6 is 0 Å². The van der Waals surface area contributed by atoms with E-state index in [0.717, 1.165) is 19.5 Å². The molecule has 1 aliphatic heterocycles. The molecule has 102 valence electrons. The molecule has 1 aromatic carbocycles. The van der Waals surface area contributed by atoms with E-state index in [0.29, 0.717) is 12.3 Å². The van der Waals surface area contributed by atoms with Gasteiger partial charge in [-0.1, -0.05) is 19.9 Å². The smallest absolute Gasteiger partial charge is 0.0624 e. The molecule has 2 rings (SSSR count). The Morgan fingerprint density at radius 2 is 2.05 bits per heavy atom. The molecule has 0 amide bonds. The molecule has 19 heavy (non-hydrogen) atoms. The summed E-state index contributed by atoms with van der Waals surface area (Å²) in [5.74, 6) is 0.528. The minimum atomic E-state index is 0.215. The second kappa shape index (κ2) is 5.25. The number of nitriles is 1. The van der Waals surface area contributed by atoms with E-state index in [1.54, 1.807) is 0 Å². The van der Waals surface area contributed by atoms with Crippen LogP contribution in [0.25, 0.3) is 0 Å². The molecule has 0 spiro atoms. The van der Waals surface area contributed by atoms with Gasteiger partial charge in [0.2, 0.25) is 0 Å². The Hall–Kier alpha value is -1.49. The van der Waals surface area contributed by atoms with Crippen molar-refractivity contribution in [3.8, 4) is 6.07 Å². The highest BCUT2D eigenvalue weighted by atomic mass is 15.1. The summed E-state index contributed by atoms with van der Waals surface area (Å²) >= 11 is 0. The van der Waals surface area contributed by atoms with Crippen LogP contribution in [-0.2, 0) is 0 Å². The minimum Gasteiger partial charge on any atom is -0.371 e. The van der Waals surface area contributed by atoms with E-state index in [1.165, 1.54) is 16.8 Å². The molecule has 1 fully saturated rings. The summed E-state index contributed by atoms with van der Waals surface area (Å²) in [5.41, 5.74) is 4.25. The van der Waals surface area contributed by atoms with Gasteiger partial charge in [-0.3, -0.25) is 0 Å². The summed E-state index contributed by atoms with van der Waals surface area (Å²) in [5, 5.41) is 8.94. The van der Waals surface area contributed by atoms with E-state index >= 15 is 0 Å². The first-order chi connectivity index (χ1) is 8.94. The van der Waals surface area contributed by atoms with Gasteiger partial charge in [-0.15, -0.1) is 0 Å². The van der Waals surface area contributed by atoms with E-state index in [-0.39, 0.29) is 5.41 Å². The highest BCUT2D eigenvalue weighted by Gasteiger charge is 2.35. The summed E-state index contributed by atoms with van der Waals surface area (Å²) in [6.07, 6.45) is 1.81. The zero-order chi connectivity index (χ0) is 14.0. The maximum Gasteiger partial charge on any atom is 0.0624 e. The normalized spacial score (nSPS) is 22.1. The van der Waals surface area contributed by atoms with Crippen LogP contribution in [0.4, 0.5) is 5.69 Å². The molecule has 0 aliphatic carbocycles. The van der Waals surface area contributed by atoms with E-state index < -0.39 is 0 Å². The number of anilines is 1. The Kier molecular flexibility index (Phi) is 3.85. The summed E-state index contributed by atoms with van der Waals surface area (Å²) in [6, 6.07) is 9.07. The third-order valence-corrected chi connectivity index (χ3v) is 4.64. The Morgan fingerprint density at radius 3 is 2.63 bits per heavy atom. The molecule has 1 aliphatic rings. The van der Waals surface area contributed by atoms with Crippen LogP contribution in [0.3, 0.4) is 0 Å². The van der Waals surface area contributed by atoms with Gasteiger partial charge in [-0.05, 0) is 54.9 Å². The highest BCUT2D eigenvalue weighted by Crippen LogP contribution is 2.38. The van der Waals surface area contributed by atoms with Crippen molar-refractivity contribution in [2.45, 2.75) is 40.5 Å². The van der Waals surface area contributed by atoms with Gasteiger partial charge in [0, 0.05) is 25.2 Å². The quantitative estimate of drug-likeness (QED) is 0.797. The summed E-state index contributed by atoms with van der Waals surface area (Å²) in [4.78, 5) is 2.47. The van der Waals surface area contributed by atoms with Crippen molar-refractivity contribution in [2.24, 2.45) is 11.3 Å². The third kappa shape index (κ3) is 2.92. The second-order valence-corrected chi connectivity index (χ2v) is 6.53. The van der Waals surface area contributed by atoms with Gasteiger partial charge in [0.15, 0.2) is 0 Å². The number of benzene rings is 1. The maximum atomic E-state index is 8.94. The van der Waals surface area contributed by atoms with Gasteiger partial charge in [-0.25, -0.2) is 0 Å². The first kappa shape index (κ1) is 13.9. The fraction of sp³-hybridized carbons (Fsp3) is 0.588. The molecule has 1 unspecified atom stereocenters. The lowest BCUT2D eigenvalue weighted by Gasteiger charge is -2.44. The largest absolute Gasteiger partial charge is 0.371 e. The third-order valence-electron chi connectivity index (χ3n) is 4.64. The summed E-state index contributed by atoms with van der Waals surface area (Å²) in [6.45, 7) is 11.0. The molecule has 1 saturated heterocycles. The zero-order valence-electron chi connectivity index (χ0n) is 12.5. The molecular weight excluding hydrogens is 232 g/mol. The highest BCUT2D eigenvalue weighted by molar-refractivity contribution is 5.51. The number of hydrogen-bond acceptors (Lipinski definition) is 2. The second-order valence-electron chi connectivity index (χ2n) is 6.53. The average molecular weight is 256 g/mol. The molecule has 0 radical (unpaired) electrons. The van der Waals surface area contributed by atoms with Crippen LogP contribution < -0.4 is 4.90 Å². The molecule has 0 N–H and O–H groups in total. The fourth-order valence-electron chi connectivity index (χ4n) is 3.03. The first-order valence-electron chi connectivity index (χ1n) is 7.13. The molecule has 1 atom stereocenters. The first-order valence-corrected chi connectivity index (χ1v) is 7.13. The van der Waals surface area contributed by atoms with Gasteiger partial charge >= 0.3 is 0 Å². The van der Waals surface area contributed by atoms with Crippen molar-refractivity contribution in [1.29, 1.82) is 5.26 Å². The number of nitrogens with zero attached hydrogens (tertiary/aromatic N) is 2. The van der Waals surface area contributed by atoms with Gasteiger partial charge in [0.1, 0.15) is 0 Å². The molecule has 0 aromatic heterocycles. The minimum absolute atomic E-state index is 0.215. The predicted molar refractivity (Wildman–Crippen MR) is 80.2 cm³/mol. The van der Waals surface area contributed by atoms with Gasteiger partial charge < -0.3 is 4.90 Å². The Morgan fingerprint density at radius 1 is 1.32 bits per heavy atom. The molecule has 1 heterocycles. The lowest BCUT2D eigenvalue weighted by Crippen LogP contribution is -2.45. The monoisotopic (exact) mass is 256 g/mol. The van der Waals surface area contributed by atoms with Crippen LogP contribution in [0.2, 0.25) is 0 Å². The molecule has 2 heteroatoms. The molecule has 2 nitrogen and oxygen atoms in total. The number of rotatable bonds is 2. The van der Waals surface area contributed by atoms with Gasteiger partial charge in [-0.2, -0.15) is 5.26 Å². The number of aryl methyl sites for hydroxylation is 2. The van der Waals surface area contributed by atoms with Gasteiger partial charge in [0.25, 0.3) is 0 Å². The molecule has 0 saturated carbocycles. The van der Waals surface area contributed by atoms with Crippen molar-refractivity contribution >= 4 is 5.69 Å². The standard InChI is InChI=1S/C17H24N2/c1-13-5-6-16(11-14(13)2)19-10-8-15(7-9-18)17(3,4)12-19/h5-6,11,15H,7-8,10,12H2,1-4H3. The van der Waals surface area contributed by atoms with Crippen molar-refractivity contribution in [3.63, 3.8) is 0 Å². The van der Waals surface area contributed by atoms with E-state index in [1.807, 2.05) is 0 Å². The number of piperidine rings is 1. The van der Waals surface area contributed by atoms with Crippen LogP contribution in [0.5, 0.6) is 0 Å². The van der Waals surface area contributed by atoms with Crippen molar-refractivity contribution in [2.75, 3.05) is 18.0 Å². The van der Waals surface area contributed by atoms with Crippen LogP contribution in [-0.4, -0.2) is 13.1 Å². The van der Waals surface area contributed by atoms with Gasteiger partial charge in [0.05, 0.1) is 6.07 Å². The molecule has 0 bridgehead atoms. The average Bonchev–Trinajstić information content (AvgIpc) is 2.35. The maximum absolute atomic E-state index is 8.94. The van der Waals surface area contributed by atoms with E-state index in [4.69, 9.17) is 5.26 Å². The zero-order valence-corrected chi connectivity index (χ0v) is 12.5. The Labute approximate surface area is 117 Å². The predicted octanol–water partition coefficient (Wildman–Crippen LogP) is 4.07. The van der Waals surface area contributed by atoms with Crippen molar-refractivity contribution in [3.05, 3.63) is 29.3 Å². The topological polar surface area (TPSA) is 27.0 Å². The van der Waals surface area contributed by atoms with Crippen LogP contribution in [0, 0.1) is 36.5 Å². The SMILES string of the molecule is Cc1ccc(N2CCC(CC#N)C(C)(C)C2)cc1C.